The number of hydrogen-bond acceptors (Lipinski definition) is 6. The van der Waals surface area contributed by atoms with Crippen LogP contribution in [0.2, 0.25) is 0 Å². The van der Waals surface area contributed by atoms with Crippen molar-refractivity contribution in [2.75, 3.05) is 30.0 Å². The predicted molar refractivity (Wildman–Crippen MR) is 114 cm³/mol. The predicted octanol–water partition coefficient (Wildman–Crippen LogP) is 2.24. The number of aromatic nitrogens is 2. The molecule has 1 fully saturated rings. The lowest BCUT2D eigenvalue weighted by Crippen LogP contribution is -2.27. The number of benzene rings is 1. The summed E-state index contributed by atoms with van der Waals surface area (Å²) in [5.41, 5.74) is 18.2. The number of carbonyl (C=O) groups excluding carboxylic acids is 1. The van der Waals surface area contributed by atoms with Gasteiger partial charge in [-0.2, -0.15) is 4.99 Å². The van der Waals surface area contributed by atoms with Gasteiger partial charge >= 0.3 is 5.91 Å². The van der Waals surface area contributed by atoms with Gasteiger partial charge in [0.15, 0.2) is 23.3 Å². The van der Waals surface area contributed by atoms with Crippen LogP contribution < -0.4 is 22.1 Å². The van der Waals surface area contributed by atoms with Crippen LogP contribution in [0, 0.1) is 0 Å². The highest BCUT2D eigenvalue weighted by atomic mass is 32.2. The number of aliphatic imine (C=N–C) groups is 1. The minimum Gasteiger partial charge on any atom is -0.382 e. The van der Waals surface area contributed by atoms with E-state index in [2.05, 4.69) is 19.9 Å². The van der Waals surface area contributed by atoms with Crippen molar-refractivity contribution in [3.8, 4) is 11.3 Å². The average molecular weight is 400 g/mol. The molecule has 148 valence electrons. The van der Waals surface area contributed by atoms with Gasteiger partial charge in [-0.1, -0.05) is 25.0 Å². The molecule has 1 aromatic heterocycles. The van der Waals surface area contributed by atoms with E-state index in [0.29, 0.717) is 11.5 Å². The van der Waals surface area contributed by atoms with Crippen molar-refractivity contribution in [2.45, 2.75) is 30.6 Å². The van der Waals surface area contributed by atoms with E-state index in [9.17, 15) is 4.79 Å². The molecule has 9 heteroatoms. The number of carbonyl (C=O) groups is 1. The maximum Gasteiger partial charge on any atom is 0.302 e. The summed E-state index contributed by atoms with van der Waals surface area (Å²) in [5.74, 6) is -0.320. The molecule has 1 aliphatic heterocycles. The maximum atomic E-state index is 12.4. The third-order valence-corrected chi connectivity index (χ3v) is 5.35. The molecule has 28 heavy (non-hydrogen) atoms. The van der Waals surface area contributed by atoms with Gasteiger partial charge in [-0.25, -0.2) is 9.97 Å². The van der Waals surface area contributed by atoms with E-state index in [0.717, 1.165) is 36.4 Å². The quantitative estimate of drug-likeness (QED) is 0.404. The number of rotatable bonds is 4. The van der Waals surface area contributed by atoms with Crippen molar-refractivity contribution >= 4 is 35.3 Å². The van der Waals surface area contributed by atoms with E-state index < -0.39 is 5.91 Å². The lowest BCUT2D eigenvalue weighted by atomic mass is 10.1. The molecule has 0 spiro atoms. The van der Waals surface area contributed by atoms with Crippen LogP contribution >= 0.6 is 11.8 Å². The van der Waals surface area contributed by atoms with Crippen LogP contribution in [-0.4, -0.2) is 41.2 Å². The van der Waals surface area contributed by atoms with Crippen molar-refractivity contribution in [2.24, 2.45) is 16.5 Å². The highest BCUT2D eigenvalue weighted by Gasteiger charge is 2.23. The number of guanidine groups is 1. The highest BCUT2D eigenvalue weighted by Crippen LogP contribution is 2.32. The Balaban J connectivity index is 2.12. The molecule has 0 bridgehead atoms. The summed E-state index contributed by atoms with van der Waals surface area (Å²) in [6, 6.07) is 7.98. The molecule has 0 atom stereocenters. The second kappa shape index (κ2) is 8.92. The van der Waals surface area contributed by atoms with Crippen molar-refractivity contribution < 1.29 is 4.79 Å². The first-order valence-corrected chi connectivity index (χ1v) is 10.4. The molecule has 1 aliphatic rings. The Morgan fingerprint density at radius 3 is 2.29 bits per heavy atom. The minimum atomic E-state index is -0.700. The molecule has 0 saturated carbocycles. The molecular weight excluding hydrogens is 374 g/mol. The summed E-state index contributed by atoms with van der Waals surface area (Å²) < 4.78 is 0. The normalized spacial score (nSPS) is 14.4. The summed E-state index contributed by atoms with van der Waals surface area (Å²) in [6.07, 6.45) is 6.57. The monoisotopic (exact) mass is 399 g/mol. The molecule has 0 unspecified atom stereocenters. The fourth-order valence-corrected chi connectivity index (χ4v) is 3.62. The van der Waals surface area contributed by atoms with Gasteiger partial charge in [0.25, 0.3) is 0 Å². The maximum absolute atomic E-state index is 12.4. The summed E-state index contributed by atoms with van der Waals surface area (Å²) >= 11 is 1.66. The van der Waals surface area contributed by atoms with Crippen LogP contribution in [0.5, 0.6) is 0 Å². The van der Waals surface area contributed by atoms with Gasteiger partial charge in [0, 0.05) is 23.5 Å². The van der Waals surface area contributed by atoms with Crippen LogP contribution in [0.3, 0.4) is 0 Å². The summed E-state index contributed by atoms with van der Waals surface area (Å²) in [5, 5.41) is 0. The number of amides is 1. The zero-order chi connectivity index (χ0) is 20.1. The van der Waals surface area contributed by atoms with E-state index in [1.165, 1.54) is 12.8 Å². The van der Waals surface area contributed by atoms with Crippen LogP contribution in [0.15, 0.2) is 34.2 Å². The number of nitrogen functional groups attached to an aromatic ring is 1. The first-order chi connectivity index (χ1) is 13.5. The van der Waals surface area contributed by atoms with E-state index in [1.54, 1.807) is 11.8 Å². The number of hydrogen-bond donors (Lipinski definition) is 3. The van der Waals surface area contributed by atoms with Crippen molar-refractivity contribution in [3.05, 3.63) is 30.0 Å². The van der Waals surface area contributed by atoms with E-state index in [4.69, 9.17) is 17.2 Å². The fourth-order valence-electron chi connectivity index (χ4n) is 3.21. The van der Waals surface area contributed by atoms with Gasteiger partial charge in [-0.3, -0.25) is 4.79 Å². The minimum absolute atomic E-state index is 0.0266. The summed E-state index contributed by atoms with van der Waals surface area (Å²) in [7, 11) is 0. The molecule has 6 N–H and O–H groups in total. The molecule has 1 aromatic carbocycles. The van der Waals surface area contributed by atoms with Crippen molar-refractivity contribution in [1.29, 1.82) is 0 Å². The van der Waals surface area contributed by atoms with Crippen LogP contribution in [-0.2, 0) is 0 Å². The molecule has 1 amide bonds. The van der Waals surface area contributed by atoms with Gasteiger partial charge in [0.1, 0.15) is 5.69 Å². The zero-order valence-corrected chi connectivity index (χ0v) is 16.7. The summed E-state index contributed by atoms with van der Waals surface area (Å²) in [6.45, 7) is 1.76. The van der Waals surface area contributed by atoms with Gasteiger partial charge in [-0.05, 0) is 31.2 Å². The average Bonchev–Trinajstić information content (AvgIpc) is 2.96. The smallest absolute Gasteiger partial charge is 0.302 e. The molecule has 1 saturated heterocycles. The Labute approximate surface area is 168 Å². The van der Waals surface area contributed by atoms with Gasteiger partial charge < -0.3 is 22.1 Å². The Morgan fingerprint density at radius 1 is 1.07 bits per heavy atom. The molecule has 0 aliphatic carbocycles. The Morgan fingerprint density at radius 2 is 1.71 bits per heavy atom. The van der Waals surface area contributed by atoms with Crippen LogP contribution in [0.25, 0.3) is 11.3 Å². The Kier molecular flexibility index (Phi) is 6.35. The fraction of sp³-hybridized carbons (Fsp3) is 0.368. The first kappa shape index (κ1) is 19.9. The van der Waals surface area contributed by atoms with Gasteiger partial charge in [0.2, 0.25) is 0 Å². The SMILES string of the molecule is CSc1ccc(-c2nc(C(=O)N=C(N)N)c(N)nc2N2CCCCCC2)cc1. The third kappa shape index (κ3) is 4.53. The Bertz CT molecular complexity index is 871. The second-order valence-electron chi connectivity index (χ2n) is 6.60. The molecule has 8 nitrogen and oxygen atoms in total. The van der Waals surface area contributed by atoms with Crippen molar-refractivity contribution in [1.82, 2.24) is 9.97 Å². The third-order valence-electron chi connectivity index (χ3n) is 4.61. The highest BCUT2D eigenvalue weighted by molar-refractivity contribution is 7.98. The number of anilines is 2. The van der Waals surface area contributed by atoms with Crippen LogP contribution in [0.1, 0.15) is 36.2 Å². The number of nitrogens with zero attached hydrogens (tertiary/aromatic N) is 4. The van der Waals surface area contributed by atoms with Gasteiger partial charge in [0.05, 0.1) is 0 Å². The van der Waals surface area contributed by atoms with Crippen molar-refractivity contribution in [3.63, 3.8) is 0 Å². The lowest BCUT2D eigenvalue weighted by Gasteiger charge is -2.24. The number of nitrogens with two attached hydrogens (primary N) is 3. The first-order valence-electron chi connectivity index (χ1n) is 9.20. The largest absolute Gasteiger partial charge is 0.382 e. The van der Waals surface area contributed by atoms with E-state index >= 15 is 0 Å². The number of thioether (sulfide) groups is 1. The molecule has 0 radical (unpaired) electrons. The molecule has 2 heterocycles. The van der Waals surface area contributed by atoms with Gasteiger partial charge in [-0.15, -0.1) is 11.8 Å². The topological polar surface area (TPSA) is 137 Å². The molecule has 2 aromatic rings. The molecular formula is C19H25N7OS. The molecule has 3 rings (SSSR count). The van der Waals surface area contributed by atoms with E-state index in [1.807, 2.05) is 30.5 Å². The van der Waals surface area contributed by atoms with Crippen LogP contribution in [0.4, 0.5) is 11.6 Å². The van der Waals surface area contributed by atoms with E-state index in [-0.39, 0.29) is 17.5 Å². The summed E-state index contributed by atoms with van der Waals surface area (Å²) in [4.78, 5) is 28.4. The zero-order valence-electron chi connectivity index (χ0n) is 15.9. The second-order valence-corrected chi connectivity index (χ2v) is 7.48. The standard InChI is InChI=1S/C19H25N7OS/c1-28-13-8-6-12(7-9-13)14-17(26-10-4-2-3-5-11-26)24-16(20)15(23-14)18(27)25-19(21)22/h6-9H,2-5,10-11H2,1H3,(H2,20,24)(H4,21,22,25,27). The Hall–Kier alpha value is -2.81. The lowest BCUT2D eigenvalue weighted by molar-refractivity contribution is 0.0998.